The van der Waals surface area contributed by atoms with E-state index in [0.717, 1.165) is 4.57 Å². The summed E-state index contributed by atoms with van der Waals surface area (Å²) in [6.45, 7) is -0.209. The van der Waals surface area contributed by atoms with Gasteiger partial charge in [-0.3, -0.25) is 18.5 Å². The van der Waals surface area contributed by atoms with E-state index in [1.807, 2.05) is 0 Å². The molecule has 23 heavy (non-hydrogen) atoms. The second kappa shape index (κ2) is 5.52. The Kier molecular flexibility index (Phi) is 3.53. The molecule has 118 valence electrons. The quantitative estimate of drug-likeness (QED) is 0.612. The minimum atomic E-state index is -0.617. The number of esters is 1. The molecule has 0 bridgehead atoms. The highest BCUT2D eigenvalue weighted by molar-refractivity contribution is 5.87. The molecule has 3 aromatic rings. The lowest BCUT2D eigenvalue weighted by atomic mass is 10.4. The van der Waals surface area contributed by atoms with Gasteiger partial charge in [-0.2, -0.15) is 0 Å². The van der Waals surface area contributed by atoms with Crippen LogP contribution >= 0.6 is 0 Å². The van der Waals surface area contributed by atoms with Crippen molar-refractivity contribution in [3.63, 3.8) is 0 Å². The molecule has 0 radical (unpaired) electrons. The summed E-state index contributed by atoms with van der Waals surface area (Å²) < 4.78 is 8.74. The van der Waals surface area contributed by atoms with Gasteiger partial charge >= 0.3 is 11.7 Å². The van der Waals surface area contributed by atoms with E-state index in [2.05, 4.69) is 9.97 Å². The zero-order valence-corrected chi connectivity index (χ0v) is 12.5. The first-order valence-corrected chi connectivity index (χ1v) is 6.69. The van der Waals surface area contributed by atoms with Gasteiger partial charge in [-0.1, -0.05) is 6.07 Å². The van der Waals surface area contributed by atoms with Crippen LogP contribution in [-0.2, 0) is 25.6 Å². The number of ether oxygens (including phenoxy) is 1. The number of aromatic nitrogens is 5. The maximum Gasteiger partial charge on any atom is 0.358 e. The summed E-state index contributed by atoms with van der Waals surface area (Å²) in [5.74, 6) is -0.617. The number of hydrogen-bond donors (Lipinski definition) is 0. The molecule has 0 aliphatic carbocycles. The molecule has 0 unspecified atom stereocenters. The van der Waals surface area contributed by atoms with E-state index in [1.165, 1.54) is 41.8 Å². The Morgan fingerprint density at radius 3 is 2.65 bits per heavy atom. The molecule has 3 rings (SSSR count). The predicted molar refractivity (Wildman–Crippen MR) is 79.9 cm³/mol. The van der Waals surface area contributed by atoms with Gasteiger partial charge in [0.25, 0.3) is 5.56 Å². The lowest BCUT2D eigenvalue weighted by molar-refractivity contribution is 0.0371. The molecule has 0 spiro atoms. The van der Waals surface area contributed by atoms with E-state index in [4.69, 9.17) is 4.74 Å². The minimum absolute atomic E-state index is 0.164. The molecule has 0 saturated heterocycles. The number of pyridine rings is 1. The highest BCUT2D eigenvalue weighted by Crippen LogP contribution is 2.06. The molecule has 0 fully saturated rings. The van der Waals surface area contributed by atoms with Crippen LogP contribution in [0.4, 0.5) is 0 Å². The summed E-state index contributed by atoms with van der Waals surface area (Å²) in [7, 11) is 2.89. The van der Waals surface area contributed by atoms with Crippen molar-refractivity contribution in [1.82, 2.24) is 23.7 Å². The standard InChI is InChI=1S/C14H13N5O4/c1-17-11-10(12(20)18(2)14(17)22)19(7-16-11)8-23-13(21)9-5-3-4-6-15-9/h3-7H,8H2,1-2H3. The third-order valence-electron chi connectivity index (χ3n) is 3.43. The van der Waals surface area contributed by atoms with Crippen molar-refractivity contribution in [2.24, 2.45) is 14.1 Å². The minimum Gasteiger partial charge on any atom is -0.439 e. The molecular formula is C14H13N5O4. The fourth-order valence-electron chi connectivity index (χ4n) is 2.18. The van der Waals surface area contributed by atoms with Gasteiger partial charge in [-0.05, 0) is 12.1 Å². The second-order valence-corrected chi connectivity index (χ2v) is 4.87. The zero-order chi connectivity index (χ0) is 16.6. The summed E-state index contributed by atoms with van der Waals surface area (Å²) in [6, 6.07) is 4.88. The van der Waals surface area contributed by atoms with Gasteiger partial charge in [0.2, 0.25) is 0 Å². The van der Waals surface area contributed by atoms with Crippen molar-refractivity contribution in [3.05, 3.63) is 57.3 Å². The molecular weight excluding hydrogens is 302 g/mol. The summed E-state index contributed by atoms with van der Waals surface area (Å²) in [5.41, 5.74) is -0.402. The van der Waals surface area contributed by atoms with E-state index in [0.29, 0.717) is 0 Å². The Labute approximate surface area is 129 Å². The first-order chi connectivity index (χ1) is 11.0. The van der Waals surface area contributed by atoms with E-state index >= 15 is 0 Å². The molecule has 0 aliphatic rings. The molecule has 0 aromatic carbocycles. The third kappa shape index (κ3) is 2.41. The van der Waals surface area contributed by atoms with Crippen LogP contribution < -0.4 is 11.2 Å². The van der Waals surface area contributed by atoms with Crippen molar-refractivity contribution in [1.29, 1.82) is 0 Å². The van der Waals surface area contributed by atoms with Crippen LogP contribution in [0, 0.1) is 0 Å². The van der Waals surface area contributed by atoms with Crippen molar-refractivity contribution in [3.8, 4) is 0 Å². The smallest absolute Gasteiger partial charge is 0.358 e. The van der Waals surface area contributed by atoms with E-state index in [-0.39, 0.29) is 23.6 Å². The van der Waals surface area contributed by atoms with Crippen LogP contribution in [0.15, 0.2) is 40.3 Å². The molecule has 0 N–H and O–H groups in total. The Morgan fingerprint density at radius 2 is 1.96 bits per heavy atom. The average Bonchev–Trinajstić information content (AvgIpc) is 3.00. The van der Waals surface area contributed by atoms with Gasteiger partial charge in [0.05, 0.1) is 0 Å². The fraction of sp³-hybridized carbons (Fsp3) is 0.214. The normalized spacial score (nSPS) is 10.9. The predicted octanol–water partition coefficient (Wildman–Crippen LogP) is -0.357. The largest absolute Gasteiger partial charge is 0.439 e. The number of imidazole rings is 1. The Hall–Kier alpha value is -3.23. The first kappa shape index (κ1) is 14.7. The van der Waals surface area contributed by atoms with Crippen molar-refractivity contribution < 1.29 is 9.53 Å². The number of nitrogens with zero attached hydrogens (tertiary/aromatic N) is 5. The van der Waals surface area contributed by atoms with Gasteiger partial charge in [0.15, 0.2) is 17.9 Å². The molecule has 0 amide bonds. The van der Waals surface area contributed by atoms with Gasteiger partial charge in [-0.25, -0.2) is 19.6 Å². The number of fused-ring (bicyclic) bond motifs is 1. The maximum atomic E-state index is 12.2. The molecule has 9 nitrogen and oxygen atoms in total. The number of aryl methyl sites for hydroxylation is 1. The topological polar surface area (TPSA) is 101 Å². The molecule has 9 heteroatoms. The fourth-order valence-corrected chi connectivity index (χ4v) is 2.18. The number of rotatable bonds is 3. The third-order valence-corrected chi connectivity index (χ3v) is 3.43. The number of carbonyl (C=O) groups excluding carboxylic acids is 1. The highest BCUT2D eigenvalue weighted by Gasteiger charge is 2.15. The SMILES string of the molecule is Cn1c(=O)c2c(ncn2COC(=O)c2ccccn2)n(C)c1=O. The van der Waals surface area contributed by atoms with E-state index in [1.54, 1.807) is 12.1 Å². The van der Waals surface area contributed by atoms with Crippen LogP contribution in [0.3, 0.4) is 0 Å². The van der Waals surface area contributed by atoms with Gasteiger partial charge in [-0.15, -0.1) is 0 Å². The van der Waals surface area contributed by atoms with Gasteiger partial charge in [0, 0.05) is 20.3 Å². The molecule has 0 atom stereocenters. The van der Waals surface area contributed by atoms with Crippen LogP contribution in [0.2, 0.25) is 0 Å². The average molecular weight is 315 g/mol. The van der Waals surface area contributed by atoms with Crippen LogP contribution in [0.25, 0.3) is 11.2 Å². The zero-order valence-electron chi connectivity index (χ0n) is 12.5. The Morgan fingerprint density at radius 1 is 1.17 bits per heavy atom. The van der Waals surface area contributed by atoms with Gasteiger partial charge in [0.1, 0.15) is 12.0 Å². The summed E-state index contributed by atoms with van der Waals surface area (Å²) >= 11 is 0. The van der Waals surface area contributed by atoms with Crippen molar-refractivity contribution in [2.45, 2.75) is 6.73 Å². The van der Waals surface area contributed by atoms with E-state index < -0.39 is 17.2 Å². The maximum absolute atomic E-state index is 12.2. The summed E-state index contributed by atoms with van der Waals surface area (Å²) in [4.78, 5) is 43.9. The number of hydrogen-bond acceptors (Lipinski definition) is 6. The molecule has 3 heterocycles. The molecule has 0 aliphatic heterocycles. The van der Waals surface area contributed by atoms with Gasteiger partial charge < -0.3 is 4.74 Å². The number of carbonyl (C=O) groups is 1. The lowest BCUT2D eigenvalue weighted by Gasteiger charge is -2.07. The second-order valence-electron chi connectivity index (χ2n) is 4.87. The van der Waals surface area contributed by atoms with Crippen LogP contribution in [0.5, 0.6) is 0 Å². The monoisotopic (exact) mass is 315 g/mol. The highest BCUT2D eigenvalue weighted by atomic mass is 16.5. The van der Waals surface area contributed by atoms with Crippen LogP contribution in [-0.4, -0.2) is 29.6 Å². The van der Waals surface area contributed by atoms with Crippen LogP contribution in [0.1, 0.15) is 10.5 Å². The first-order valence-electron chi connectivity index (χ1n) is 6.69. The summed E-state index contributed by atoms with van der Waals surface area (Å²) in [6.07, 6.45) is 2.83. The summed E-state index contributed by atoms with van der Waals surface area (Å²) in [5, 5.41) is 0. The Bertz CT molecular complexity index is 1000. The Balaban J connectivity index is 1.95. The van der Waals surface area contributed by atoms with Crippen molar-refractivity contribution in [2.75, 3.05) is 0 Å². The lowest BCUT2D eigenvalue weighted by Crippen LogP contribution is -2.37. The molecule has 0 saturated carbocycles. The van der Waals surface area contributed by atoms with E-state index in [9.17, 15) is 14.4 Å². The molecule has 3 aromatic heterocycles. The van der Waals surface area contributed by atoms with Crippen molar-refractivity contribution >= 4 is 17.1 Å².